The van der Waals surface area contributed by atoms with Crippen molar-refractivity contribution < 1.29 is 24.0 Å². The van der Waals surface area contributed by atoms with Gasteiger partial charge in [-0.2, -0.15) is 5.10 Å². The number of hydrogen-bond acceptors (Lipinski definition) is 7. The average molecular weight is 506 g/mol. The molecule has 0 saturated carbocycles. The number of anilines is 1. The van der Waals surface area contributed by atoms with Crippen molar-refractivity contribution in [3.05, 3.63) is 47.3 Å². The van der Waals surface area contributed by atoms with E-state index in [9.17, 15) is 24.0 Å². The fraction of sp³-hybridized carbons (Fsp3) is 0.440. The van der Waals surface area contributed by atoms with E-state index in [0.29, 0.717) is 18.8 Å². The molecule has 6 amide bonds. The third-order valence-electron chi connectivity index (χ3n) is 7.73. The van der Waals surface area contributed by atoms with Crippen LogP contribution in [0.25, 0.3) is 0 Å². The van der Waals surface area contributed by atoms with Gasteiger partial charge in [-0.15, -0.1) is 0 Å². The highest BCUT2D eigenvalue weighted by atomic mass is 16.2. The third kappa shape index (κ3) is 3.83. The first-order chi connectivity index (χ1) is 17.8. The highest BCUT2D eigenvalue weighted by Gasteiger charge is 2.45. The molecule has 0 aliphatic carbocycles. The molecule has 12 heteroatoms. The number of piperidine rings is 2. The zero-order valence-corrected chi connectivity index (χ0v) is 20.3. The van der Waals surface area contributed by atoms with E-state index >= 15 is 0 Å². The van der Waals surface area contributed by atoms with E-state index in [1.54, 1.807) is 29.3 Å². The van der Waals surface area contributed by atoms with E-state index in [1.807, 2.05) is 22.8 Å². The molecule has 192 valence electrons. The summed E-state index contributed by atoms with van der Waals surface area (Å²) in [6.07, 6.45) is 5.62. The summed E-state index contributed by atoms with van der Waals surface area (Å²) in [6, 6.07) is 4.48. The largest absolute Gasteiger partial charge is 0.380 e. The highest BCUT2D eigenvalue weighted by Crippen LogP contribution is 2.33. The lowest BCUT2D eigenvalue weighted by Gasteiger charge is -2.33. The molecule has 3 unspecified atom stereocenters. The van der Waals surface area contributed by atoms with Gasteiger partial charge in [-0.25, -0.2) is 4.79 Å². The molecule has 12 nitrogen and oxygen atoms in total. The average Bonchev–Trinajstić information content (AvgIpc) is 3.54. The Morgan fingerprint density at radius 1 is 1.08 bits per heavy atom. The van der Waals surface area contributed by atoms with Gasteiger partial charge in [0.25, 0.3) is 11.8 Å². The van der Waals surface area contributed by atoms with Crippen molar-refractivity contribution in [2.24, 2.45) is 0 Å². The second-order valence-electron chi connectivity index (χ2n) is 10.0. The van der Waals surface area contributed by atoms with Crippen LogP contribution in [-0.4, -0.2) is 86.4 Å². The minimum absolute atomic E-state index is 0.0751. The zero-order valence-electron chi connectivity index (χ0n) is 20.3. The van der Waals surface area contributed by atoms with E-state index in [1.165, 1.54) is 0 Å². The molecule has 2 N–H and O–H groups in total. The number of hydrogen-bond donors (Lipinski definition) is 2. The second kappa shape index (κ2) is 8.71. The van der Waals surface area contributed by atoms with Crippen LogP contribution < -0.4 is 10.6 Å². The Kier molecular flexibility index (Phi) is 5.46. The topological polar surface area (TPSA) is 137 Å². The summed E-state index contributed by atoms with van der Waals surface area (Å²) in [5, 5.41) is 10.0. The first-order valence-electron chi connectivity index (χ1n) is 12.4. The van der Waals surface area contributed by atoms with Crippen LogP contribution in [0.3, 0.4) is 0 Å². The standard InChI is InChI=1S/C25H27N7O5/c1-29-13-16-9-15(7-8-30(16)25(29)37)31-12-14(11-27-31)10-26-18-4-2-3-17-21(18)24(36)32(23(17)35)19-5-6-20(33)28-22(19)34/h2-4,11-12,15-16,19,26H,5-10,13H2,1H3,(H,28,33,34). The van der Waals surface area contributed by atoms with E-state index in [0.717, 1.165) is 29.8 Å². The predicted molar refractivity (Wildman–Crippen MR) is 129 cm³/mol. The Bertz CT molecular complexity index is 1340. The molecule has 0 radical (unpaired) electrons. The van der Waals surface area contributed by atoms with Crippen LogP contribution in [0.1, 0.15) is 58.0 Å². The first kappa shape index (κ1) is 23.2. The van der Waals surface area contributed by atoms with Gasteiger partial charge >= 0.3 is 6.03 Å². The van der Waals surface area contributed by atoms with Gasteiger partial charge in [-0.05, 0) is 31.4 Å². The molecule has 1 aromatic carbocycles. The molecule has 2 aromatic rings. The number of rotatable bonds is 5. The van der Waals surface area contributed by atoms with Crippen molar-refractivity contribution in [3.63, 3.8) is 0 Å². The first-order valence-corrected chi connectivity index (χ1v) is 12.4. The summed E-state index contributed by atoms with van der Waals surface area (Å²) in [4.78, 5) is 67.0. The van der Waals surface area contributed by atoms with Crippen molar-refractivity contribution in [1.29, 1.82) is 0 Å². The molecule has 3 atom stereocenters. The molecule has 3 saturated heterocycles. The number of carbonyl (C=O) groups is 5. The summed E-state index contributed by atoms with van der Waals surface area (Å²) in [7, 11) is 1.83. The number of likely N-dealkylation sites (N-methyl/N-ethyl adjacent to an activating group) is 1. The Balaban J connectivity index is 1.14. The number of nitrogens with zero attached hydrogens (tertiary/aromatic N) is 5. The summed E-state index contributed by atoms with van der Waals surface area (Å²) in [6.45, 7) is 1.83. The number of benzene rings is 1. The molecule has 37 heavy (non-hydrogen) atoms. The molecule has 0 bridgehead atoms. The maximum atomic E-state index is 13.3. The number of fused-ring (bicyclic) bond motifs is 2. The minimum Gasteiger partial charge on any atom is -0.380 e. The van der Waals surface area contributed by atoms with Gasteiger partial charge in [-0.1, -0.05) is 6.07 Å². The van der Waals surface area contributed by atoms with E-state index < -0.39 is 29.7 Å². The van der Waals surface area contributed by atoms with E-state index in [4.69, 9.17) is 0 Å². The quantitative estimate of drug-likeness (QED) is 0.578. The van der Waals surface area contributed by atoms with Crippen LogP contribution in [0.4, 0.5) is 10.5 Å². The number of nitrogens with one attached hydrogen (secondary N) is 2. The van der Waals surface area contributed by atoms with Crippen LogP contribution in [0.5, 0.6) is 0 Å². The monoisotopic (exact) mass is 505 g/mol. The lowest BCUT2D eigenvalue weighted by molar-refractivity contribution is -0.136. The number of urea groups is 1. The number of amides is 6. The molecule has 4 aliphatic rings. The molecule has 6 rings (SSSR count). The van der Waals surface area contributed by atoms with Crippen molar-refractivity contribution in [2.45, 2.75) is 50.4 Å². The van der Waals surface area contributed by atoms with Crippen LogP contribution in [0.15, 0.2) is 30.6 Å². The number of imide groups is 2. The Morgan fingerprint density at radius 3 is 2.73 bits per heavy atom. The lowest BCUT2D eigenvalue weighted by atomic mass is 9.99. The predicted octanol–water partition coefficient (Wildman–Crippen LogP) is 0.967. The summed E-state index contributed by atoms with van der Waals surface area (Å²) >= 11 is 0. The van der Waals surface area contributed by atoms with Crippen molar-refractivity contribution in [2.75, 3.05) is 25.5 Å². The van der Waals surface area contributed by atoms with Gasteiger partial charge in [0.2, 0.25) is 11.8 Å². The molecule has 5 heterocycles. The lowest BCUT2D eigenvalue weighted by Crippen LogP contribution is -2.54. The SMILES string of the molecule is CN1CC2CC(n3cc(CNc4cccc5c4C(=O)N(C4CCC(=O)NC4=O)C5=O)cn3)CCN2C1=O. The summed E-state index contributed by atoms with van der Waals surface area (Å²) < 4.78 is 1.95. The number of aromatic nitrogens is 2. The molecule has 0 spiro atoms. The van der Waals surface area contributed by atoms with Gasteiger partial charge in [0.15, 0.2) is 0 Å². The van der Waals surface area contributed by atoms with Crippen molar-refractivity contribution >= 4 is 35.3 Å². The van der Waals surface area contributed by atoms with Crippen molar-refractivity contribution in [3.8, 4) is 0 Å². The molecule has 3 fully saturated rings. The fourth-order valence-electron chi connectivity index (χ4n) is 5.84. The number of carbonyl (C=O) groups excluding carboxylic acids is 5. The molecule has 1 aromatic heterocycles. The smallest absolute Gasteiger partial charge is 0.320 e. The summed E-state index contributed by atoms with van der Waals surface area (Å²) in [5.41, 5.74) is 1.88. The van der Waals surface area contributed by atoms with Gasteiger partial charge in [-0.3, -0.25) is 34.1 Å². The van der Waals surface area contributed by atoms with Gasteiger partial charge in [0.1, 0.15) is 6.04 Å². The zero-order chi connectivity index (χ0) is 25.8. The van der Waals surface area contributed by atoms with E-state index in [-0.39, 0.29) is 42.1 Å². The van der Waals surface area contributed by atoms with Crippen LogP contribution >= 0.6 is 0 Å². The fourth-order valence-corrected chi connectivity index (χ4v) is 5.84. The van der Waals surface area contributed by atoms with Crippen molar-refractivity contribution in [1.82, 2.24) is 29.8 Å². The normalized spacial score (nSPS) is 25.5. The molecule has 4 aliphatic heterocycles. The van der Waals surface area contributed by atoms with Crippen LogP contribution in [0, 0.1) is 0 Å². The van der Waals surface area contributed by atoms with Crippen LogP contribution in [-0.2, 0) is 16.1 Å². The van der Waals surface area contributed by atoms with Gasteiger partial charge in [0, 0.05) is 50.6 Å². The third-order valence-corrected chi connectivity index (χ3v) is 7.73. The Morgan fingerprint density at radius 2 is 1.92 bits per heavy atom. The summed E-state index contributed by atoms with van der Waals surface area (Å²) in [5.74, 6) is -2.12. The van der Waals surface area contributed by atoms with Gasteiger partial charge < -0.3 is 15.1 Å². The molecular weight excluding hydrogens is 478 g/mol. The Labute approximate surface area is 212 Å². The Hall–Kier alpha value is -4.22. The maximum Gasteiger partial charge on any atom is 0.320 e. The second-order valence-corrected chi connectivity index (χ2v) is 10.0. The van der Waals surface area contributed by atoms with Gasteiger partial charge in [0.05, 0.1) is 29.4 Å². The maximum absolute atomic E-state index is 13.3. The van der Waals surface area contributed by atoms with E-state index in [2.05, 4.69) is 15.7 Å². The van der Waals surface area contributed by atoms with Crippen LogP contribution in [0.2, 0.25) is 0 Å². The highest BCUT2D eigenvalue weighted by molar-refractivity contribution is 6.25. The minimum atomic E-state index is -1.00. The molecular formula is C25H27N7O5.